The van der Waals surface area contributed by atoms with Crippen molar-refractivity contribution in [2.24, 2.45) is 0 Å². The summed E-state index contributed by atoms with van der Waals surface area (Å²) in [6.45, 7) is 3.58. The van der Waals surface area contributed by atoms with Gasteiger partial charge in [0.05, 0.1) is 41.7 Å². The molecule has 11 heteroatoms. The van der Waals surface area contributed by atoms with E-state index in [9.17, 15) is 14.4 Å². The Balaban J connectivity index is 0.00000289. The maximum Gasteiger partial charge on any atom is 0.262 e. The topological polar surface area (TPSA) is 92.3 Å². The second kappa shape index (κ2) is 10.7. The van der Waals surface area contributed by atoms with Crippen molar-refractivity contribution in [3.63, 3.8) is 0 Å². The summed E-state index contributed by atoms with van der Waals surface area (Å²) in [5, 5.41) is 0.526. The van der Waals surface area contributed by atoms with E-state index >= 15 is 0 Å². The molecule has 184 valence electrons. The van der Waals surface area contributed by atoms with Crippen LogP contribution in [0.1, 0.15) is 20.7 Å². The van der Waals surface area contributed by atoms with Crippen LogP contribution in [0.25, 0.3) is 10.2 Å². The molecule has 5 rings (SSSR count). The Morgan fingerprint density at radius 2 is 1.80 bits per heavy atom. The maximum absolute atomic E-state index is 13.5. The Hall–Kier alpha value is -3.05. The van der Waals surface area contributed by atoms with E-state index in [1.807, 2.05) is 18.2 Å². The van der Waals surface area contributed by atoms with Gasteiger partial charge in [0.25, 0.3) is 11.8 Å². The van der Waals surface area contributed by atoms with Crippen molar-refractivity contribution in [3.8, 4) is 5.75 Å². The van der Waals surface area contributed by atoms with Gasteiger partial charge < -0.3 is 9.47 Å². The van der Waals surface area contributed by atoms with Crippen LogP contribution in [0.2, 0.25) is 0 Å². The van der Waals surface area contributed by atoms with Gasteiger partial charge in [0, 0.05) is 32.2 Å². The molecular weight excluding hydrogens is 492 g/mol. The molecule has 1 saturated heterocycles. The Morgan fingerprint density at radius 1 is 1.11 bits per heavy atom. The zero-order valence-corrected chi connectivity index (χ0v) is 20.8. The number of halogens is 1. The molecule has 0 atom stereocenters. The number of methoxy groups -OCH3 is 1. The smallest absolute Gasteiger partial charge is 0.262 e. The van der Waals surface area contributed by atoms with Crippen LogP contribution in [0.4, 0.5) is 5.13 Å². The van der Waals surface area contributed by atoms with Gasteiger partial charge in [-0.05, 0) is 24.3 Å². The van der Waals surface area contributed by atoms with Crippen molar-refractivity contribution in [2.45, 2.75) is 0 Å². The third-order valence-electron chi connectivity index (χ3n) is 6.03. The largest absolute Gasteiger partial charge is 0.497 e. The fourth-order valence-electron chi connectivity index (χ4n) is 4.13. The van der Waals surface area contributed by atoms with Crippen LogP contribution in [-0.4, -0.2) is 85.6 Å². The highest BCUT2D eigenvalue weighted by molar-refractivity contribution is 7.22. The molecule has 0 N–H and O–H groups in total. The van der Waals surface area contributed by atoms with E-state index in [1.54, 1.807) is 36.3 Å². The van der Waals surface area contributed by atoms with Gasteiger partial charge in [0.2, 0.25) is 5.91 Å². The van der Waals surface area contributed by atoms with E-state index in [-0.39, 0.29) is 24.9 Å². The van der Waals surface area contributed by atoms with Gasteiger partial charge in [-0.3, -0.25) is 29.1 Å². The van der Waals surface area contributed by atoms with Gasteiger partial charge in [-0.25, -0.2) is 4.98 Å². The molecule has 1 fully saturated rings. The number of thiazole rings is 1. The average molecular weight is 517 g/mol. The highest BCUT2D eigenvalue weighted by Gasteiger charge is 2.37. The molecule has 2 aromatic carbocycles. The number of hydrogen-bond acceptors (Lipinski definition) is 8. The molecule has 35 heavy (non-hydrogen) atoms. The van der Waals surface area contributed by atoms with Crippen LogP contribution in [0, 0.1) is 0 Å². The van der Waals surface area contributed by atoms with Crippen LogP contribution in [-0.2, 0) is 9.53 Å². The summed E-state index contributed by atoms with van der Waals surface area (Å²) in [7, 11) is 1.59. The second-order valence-electron chi connectivity index (χ2n) is 8.07. The first-order valence-electron chi connectivity index (χ1n) is 11.1. The molecule has 0 unspecified atom stereocenters. The summed E-state index contributed by atoms with van der Waals surface area (Å²) in [5.74, 6) is -0.567. The van der Waals surface area contributed by atoms with Gasteiger partial charge in [-0.1, -0.05) is 23.5 Å². The standard InChI is InChI=1S/C24H24N4O5S.ClH/c1-32-16-6-7-20-19(14-16)25-24(34-20)27(9-8-26-10-12-33-13-11-26)21(29)15-28-22(30)17-4-2-3-5-18(17)23(28)31;/h2-7,14H,8-13,15H2,1H3;1H. The Bertz CT molecular complexity index is 1220. The molecule has 0 bridgehead atoms. The van der Waals surface area contributed by atoms with Crippen molar-refractivity contribution in [1.29, 1.82) is 0 Å². The zero-order valence-electron chi connectivity index (χ0n) is 19.1. The second-order valence-corrected chi connectivity index (χ2v) is 9.08. The first kappa shape index (κ1) is 25.1. The van der Waals surface area contributed by atoms with E-state index in [0.29, 0.717) is 48.3 Å². The summed E-state index contributed by atoms with van der Waals surface area (Å²) < 4.78 is 11.6. The van der Waals surface area contributed by atoms with Crippen LogP contribution in [0.5, 0.6) is 5.75 Å². The normalized spacial score (nSPS) is 15.7. The molecule has 0 aliphatic carbocycles. The van der Waals surface area contributed by atoms with Crippen LogP contribution in [0.3, 0.4) is 0 Å². The van der Waals surface area contributed by atoms with Gasteiger partial charge in [0.1, 0.15) is 12.3 Å². The number of aromatic nitrogens is 1. The number of amides is 3. The van der Waals surface area contributed by atoms with Crippen molar-refractivity contribution < 1.29 is 23.9 Å². The zero-order chi connectivity index (χ0) is 23.7. The van der Waals surface area contributed by atoms with Gasteiger partial charge in [0.15, 0.2) is 5.13 Å². The lowest BCUT2D eigenvalue weighted by molar-refractivity contribution is -0.119. The minimum absolute atomic E-state index is 0. The number of anilines is 1. The molecule has 0 radical (unpaired) electrons. The Labute approximate surface area is 212 Å². The number of carbonyl (C=O) groups is 3. The molecule has 3 amide bonds. The SMILES string of the molecule is COc1ccc2sc(N(CCN3CCOCC3)C(=O)CN3C(=O)c4ccccc4C3=O)nc2c1.Cl. The highest BCUT2D eigenvalue weighted by atomic mass is 35.5. The molecule has 2 aliphatic heterocycles. The lowest BCUT2D eigenvalue weighted by atomic mass is 10.1. The van der Waals surface area contributed by atoms with Gasteiger partial charge in [-0.2, -0.15) is 0 Å². The summed E-state index contributed by atoms with van der Waals surface area (Å²) in [5.41, 5.74) is 1.38. The van der Waals surface area contributed by atoms with Crippen LogP contribution < -0.4 is 9.64 Å². The number of benzene rings is 2. The van der Waals surface area contributed by atoms with E-state index in [0.717, 1.165) is 28.2 Å². The van der Waals surface area contributed by atoms with Crippen molar-refractivity contribution in [3.05, 3.63) is 53.6 Å². The molecule has 0 spiro atoms. The predicted octanol–water partition coefficient (Wildman–Crippen LogP) is 2.69. The molecule has 0 saturated carbocycles. The van der Waals surface area contributed by atoms with Crippen molar-refractivity contribution >= 4 is 56.8 Å². The molecular formula is C24H25ClN4O5S. The highest BCUT2D eigenvalue weighted by Crippen LogP contribution is 2.32. The van der Waals surface area contributed by atoms with Gasteiger partial charge in [-0.15, -0.1) is 12.4 Å². The third kappa shape index (κ3) is 5.01. The molecule has 3 heterocycles. The van der Waals surface area contributed by atoms with E-state index in [2.05, 4.69) is 9.88 Å². The fraction of sp³-hybridized carbons (Fsp3) is 0.333. The number of rotatable bonds is 7. The van der Waals surface area contributed by atoms with E-state index in [1.165, 1.54) is 11.3 Å². The summed E-state index contributed by atoms with van der Waals surface area (Å²) in [6.07, 6.45) is 0. The number of morpholine rings is 1. The lowest BCUT2D eigenvalue weighted by Crippen LogP contribution is -2.47. The minimum atomic E-state index is -0.448. The van der Waals surface area contributed by atoms with Crippen molar-refractivity contribution in [1.82, 2.24) is 14.8 Å². The molecule has 9 nitrogen and oxygen atoms in total. The van der Waals surface area contributed by atoms with E-state index in [4.69, 9.17) is 9.47 Å². The minimum Gasteiger partial charge on any atom is -0.497 e. The Kier molecular flexibility index (Phi) is 7.66. The first-order valence-corrected chi connectivity index (χ1v) is 11.9. The average Bonchev–Trinajstić information content (AvgIpc) is 3.39. The summed E-state index contributed by atoms with van der Waals surface area (Å²) in [6, 6.07) is 12.2. The maximum atomic E-state index is 13.5. The predicted molar refractivity (Wildman–Crippen MR) is 135 cm³/mol. The monoisotopic (exact) mass is 516 g/mol. The number of imide groups is 1. The number of ether oxygens (including phenoxy) is 2. The van der Waals surface area contributed by atoms with Crippen LogP contribution in [0.15, 0.2) is 42.5 Å². The Morgan fingerprint density at radius 3 is 2.46 bits per heavy atom. The quantitative estimate of drug-likeness (QED) is 0.446. The number of hydrogen-bond donors (Lipinski definition) is 0. The van der Waals surface area contributed by atoms with Crippen LogP contribution >= 0.6 is 23.7 Å². The number of fused-ring (bicyclic) bond motifs is 2. The summed E-state index contributed by atoms with van der Waals surface area (Å²) in [4.78, 5) is 48.6. The molecule has 2 aliphatic rings. The number of nitrogens with zero attached hydrogens (tertiary/aromatic N) is 4. The van der Waals surface area contributed by atoms with Crippen molar-refractivity contribution in [2.75, 3.05) is 57.9 Å². The molecule has 3 aromatic rings. The third-order valence-corrected chi connectivity index (χ3v) is 7.09. The summed E-state index contributed by atoms with van der Waals surface area (Å²) >= 11 is 1.39. The molecule has 1 aromatic heterocycles. The number of carbonyl (C=O) groups excluding carboxylic acids is 3. The van der Waals surface area contributed by atoms with E-state index < -0.39 is 11.8 Å². The lowest BCUT2D eigenvalue weighted by Gasteiger charge is -2.29. The first-order chi connectivity index (χ1) is 16.5. The van der Waals surface area contributed by atoms with Gasteiger partial charge >= 0.3 is 0 Å². The fourth-order valence-corrected chi connectivity index (χ4v) is 5.12.